The fourth-order valence-electron chi connectivity index (χ4n) is 2.24. The Bertz CT molecular complexity index is 499. The Balaban J connectivity index is 2.13. The molecule has 0 spiro atoms. The van der Waals surface area contributed by atoms with E-state index in [4.69, 9.17) is 5.73 Å². The first-order valence-corrected chi connectivity index (χ1v) is 6.32. The molecule has 1 aliphatic heterocycles. The van der Waals surface area contributed by atoms with Crippen molar-refractivity contribution in [2.24, 2.45) is 11.7 Å². The maximum Gasteiger partial charge on any atom is 0.451 e. The van der Waals surface area contributed by atoms with E-state index in [1.54, 1.807) is 6.92 Å². The lowest BCUT2D eigenvalue weighted by molar-refractivity contribution is -0.148. The van der Waals surface area contributed by atoms with E-state index in [1.807, 2.05) is 0 Å². The fraction of sp³-hybridized carbons (Fsp3) is 0.727. The number of rotatable bonds is 3. The van der Waals surface area contributed by atoms with Gasteiger partial charge >= 0.3 is 6.18 Å². The van der Waals surface area contributed by atoms with Crippen molar-refractivity contribution in [3.63, 3.8) is 0 Å². The van der Waals surface area contributed by atoms with Crippen molar-refractivity contribution in [3.8, 4) is 0 Å². The summed E-state index contributed by atoms with van der Waals surface area (Å²) in [5, 5.41) is 6.71. The Hall–Kier alpha value is -1.64. The number of alkyl halides is 3. The molecular weight excluding hydrogens is 275 g/mol. The third-order valence-electron chi connectivity index (χ3n) is 3.34. The van der Waals surface area contributed by atoms with Gasteiger partial charge in [0.2, 0.25) is 11.7 Å². The van der Waals surface area contributed by atoms with Crippen LogP contribution in [-0.4, -0.2) is 38.7 Å². The number of amides is 1. The number of aromatic nitrogens is 3. The third kappa shape index (κ3) is 2.77. The number of nitrogens with zero attached hydrogens (tertiary/aromatic N) is 4. The monoisotopic (exact) mass is 291 g/mol. The Morgan fingerprint density at radius 2 is 2.10 bits per heavy atom. The second kappa shape index (κ2) is 5.39. The minimum Gasteiger partial charge on any atom is -0.333 e. The van der Waals surface area contributed by atoms with Crippen LogP contribution in [0, 0.1) is 5.92 Å². The summed E-state index contributed by atoms with van der Waals surface area (Å²) >= 11 is 0. The first-order chi connectivity index (χ1) is 9.34. The molecule has 1 unspecified atom stereocenters. The lowest BCUT2D eigenvalue weighted by Crippen LogP contribution is -2.42. The largest absolute Gasteiger partial charge is 0.451 e. The molecule has 0 fully saturated rings. The number of carbonyl (C=O) groups excluding carboxylic acids is 1. The molecule has 1 atom stereocenters. The average molecular weight is 291 g/mol. The van der Waals surface area contributed by atoms with E-state index in [0.717, 1.165) is 4.57 Å². The predicted octanol–water partition coefficient (Wildman–Crippen LogP) is 0.624. The molecule has 1 aliphatic rings. The zero-order valence-corrected chi connectivity index (χ0v) is 11.0. The summed E-state index contributed by atoms with van der Waals surface area (Å²) in [7, 11) is 0. The van der Waals surface area contributed by atoms with E-state index in [0.29, 0.717) is 13.0 Å². The van der Waals surface area contributed by atoms with Crippen LogP contribution in [0.4, 0.5) is 13.2 Å². The van der Waals surface area contributed by atoms with Crippen molar-refractivity contribution in [2.45, 2.75) is 32.6 Å². The normalized spacial score (nSPS) is 16.9. The molecule has 0 aromatic carbocycles. The predicted molar refractivity (Wildman–Crippen MR) is 63.3 cm³/mol. The molecule has 0 aliphatic carbocycles. The maximum absolute atomic E-state index is 12.7. The number of nitrogens with two attached hydrogens (primary N) is 1. The number of hydrogen-bond donors (Lipinski definition) is 1. The summed E-state index contributed by atoms with van der Waals surface area (Å²) in [6, 6.07) is 0. The molecule has 0 saturated carbocycles. The highest BCUT2D eigenvalue weighted by atomic mass is 19.4. The topological polar surface area (TPSA) is 77.0 Å². The maximum atomic E-state index is 12.7. The first kappa shape index (κ1) is 14.8. The van der Waals surface area contributed by atoms with Gasteiger partial charge in [-0.2, -0.15) is 13.2 Å². The third-order valence-corrected chi connectivity index (χ3v) is 3.34. The Morgan fingerprint density at radius 3 is 2.70 bits per heavy atom. The molecule has 2 N–H and O–H groups in total. The molecule has 2 rings (SSSR count). The van der Waals surface area contributed by atoms with Gasteiger partial charge in [0, 0.05) is 19.0 Å². The van der Waals surface area contributed by atoms with Crippen LogP contribution in [-0.2, 0) is 24.1 Å². The van der Waals surface area contributed by atoms with Gasteiger partial charge in [-0.05, 0) is 13.0 Å². The molecule has 20 heavy (non-hydrogen) atoms. The van der Waals surface area contributed by atoms with Gasteiger partial charge in [0.15, 0.2) is 5.82 Å². The lowest BCUT2D eigenvalue weighted by Gasteiger charge is -2.30. The van der Waals surface area contributed by atoms with Crippen molar-refractivity contribution < 1.29 is 18.0 Å². The smallest absolute Gasteiger partial charge is 0.333 e. The van der Waals surface area contributed by atoms with Gasteiger partial charge in [-0.15, -0.1) is 10.2 Å². The summed E-state index contributed by atoms with van der Waals surface area (Å²) in [4.78, 5) is 13.6. The lowest BCUT2D eigenvalue weighted by atomic mass is 10.1. The molecule has 1 aromatic heterocycles. The van der Waals surface area contributed by atoms with Gasteiger partial charge in [-0.25, -0.2) is 0 Å². The Morgan fingerprint density at radius 1 is 1.40 bits per heavy atom. The highest BCUT2D eigenvalue weighted by Gasteiger charge is 2.40. The SMILES string of the molecule is CC(CCN)C(=O)N1CCn2c(nnc2C(F)(F)F)C1. The van der Waals surface area contributed by atoms with Gasteiger partial charge < -0.3 is 15.2 Å². The summed E-state index contributed by atoms with van der Waals surface area (Å²) in [6.45, 7) is 2.49. The van der Waals surface area contributed by atoms with Crippen molar-refractivity contribution >= 4 is 5.91 Å². The summed E-state index contributed by atoms with van der Waals surface area (Å²) in [5.74, 6) is -1.19. The van der Waals surface area contributed by atoms with E-state index in [-0.39, 0.29) is 37.3 Å². The standard InChI is InChI=1S/C11H16F3N5O/c1-7(2-3-15)9(20)18-4-5-19-8(6-18)16-17-10(19)11(12,13)14/h7H,2-6,15H2,1H3. The number of halogens is 3. The van der Waals surface area contributed by atoms with Crippen molar-refractivity contribution in [1.82, 2.24) is 19.7 Å². The van der Waals surface area contributed by atoms with Crippen LogP contribution in [0.15, 0.2) is 0 Å². The number of fused-ring (bicyclic) bond motifs is 1. The Labute approximate surface area is 113 Å². The van der Waals surface area contributed by atoms with Gasteiger partial charge in [0.25, 0.3) is 0 Å². The van der Waals surface area contributed by atoms with Crippen LogP contribution < -0.4 is 5.73 Å². The van der Waals surface area contributed by atoms with Crippen LogP contribution >= 0.6 is 0 Å². The average Bonchev–Trinajstić information content (AvgIpc) is 2.80. The molecule has 0 bridgehead atoms. The molecule has 1 aromatic rings. The Kier molecular flexibility index (Phi) is 3.98. The molecule has 2 heterocycles. The molecule has 112 valence electrons. The molecule has 0 saturated heterocycles. The van der Waals surface area contributed by atoms with Gasteiger partial charge in [-0.3, -0.25) is 4.79 Å². The van der Waals surface area contributed by atoms with Crippen LogP contribution in [0.3, 0.4) is 0 Å². The second-order valence-corrected chi connectivity index (χ2v) is 4.83. The van der Waals surface area contributed by atoms with E-state index >= 15 is 0 Å². The van der Waals surface area contributed by atoms with E-state index in [2.05, 4.69) is 10.2 Å². The van der Waals surface area contributed by atoms with Crippen LogP contribution in [0.25, 0.3) is 0 Å². The molecule has 9 heteroatoms. The zero-order valence-electron chi connectivity index (χ0n) is 11.0. The van der Waals surface area contributed by atoms with Crippen molar-refractivity contribution in [2.75, 3.05) is 13.1 Å². The summed E-state index contributed by atoms with van der Waals surface area (Å²) in [5.41, 5.74) is 5.40. The van der Waals surface area contributed by atoms with Crippen LogP contribution in [0.1, 0.15) is 25.0 Å². The molecule has 0 radical (unpaired) electrons. The minimum absolute atomic E-state index is 0.0524. The first-order valence-electron chi connectivity index (χ1n) is 6.32. The molecular formula is C11H16F3N5O. The van der Waals surface area contributed by atoms with Gasteiger partial charge in [-0.1, -0.05) is 6.92 Å². The summed E-state index contributed by atoms with van der Waals surface area (Å²) < 4.78 is 39.1. The zero-order chi connectivity index (χ0) is 14.9. The minimum atomic E-state index is -4.52. The van der Waals surface area contributed by atoms with E-state index in [1.165, 1.54) is 4.90 Å². The molecule has 6 nitrogen and oxygen atoms in total. The number of carbonyl (C=O) groups is 1. The fourth-order valence-corrected chi connectivity index (χ4v) is 2.24. The van der Waals surface area contributed by atoms with Gasteiger partial charge in [0.05, 0.1) is 6.54 Å². The van der Waals surface area contributed by atoms with Crippen LogP contribution in [0.2, 0.25) is 0 Å². The van der Waals surface area contributed by atoms with Crippen molar-refractivity contribution in [3.05, 3.63) is 11.6 Å². The van der Waals surface area contributed by atoms with E-state index in [9.17, 15) is 18.0 Å². The highest BCUT2D eigenvalue weighted by molar-refractivity contribution is 5.78. The van der Waals surface area contributed by atoms with Crippen molar-refractivity contribution in [1.29, 1.82) is 0 Å². The highest BCUT2D eigenvalue weighted by Crippen LogP contribution is 2.29. The van der Waals surface area contributed by atoms with Gasteiger partial charge in [0.1, 0.15) is 0 Å². The van der Waals surface area contributed by atoms with E-state index < -0.39 is 12.0 Å². The molecule has 1 amide bonds. The number of hydrogen-bond acceptors (Lipinski definition) is 4. The quantitative estimate of drug-likeness (QED) is 0.886. The summed E-state index contributed by atoms with van der Waals surface area (Å²) in [6.07, 6.45) is -3.97. The van der Waals surface area contributed by atoms with Crippen LogP contribution in [0.5, 0.6) is 0 Å². The second-order valence-electron chi connectivity index (χ2n) is 4.83.